The summed E-state index contributed by atoms with van der Waals surface area (Å²) in [6.07, 6.45) is 3.17. The van der Waals surface area contributed by atoms with Crippen LogP contribution in [0.1, 0.15) is 53.4 Å². The van der Waals surface area contributed by atoms with E-state index in [-0.39, 0.29) is 32.4 Å². The Morgan fingerprint density at radius 3 is 2.11 bits per heavy atom. The Hall–Kier alpha value is -2.78. The van der Waals surface area contributed by atoms with Crippen molar-refractivity contribution in [1.82, 2.24) is 10.6 Å². The Kier molecular flexibility index (Phi) is 10.9. The van der Waals surface area contributed by atoms with Crippen molar-refractivity contribution < 1.29 is 38.1 Å². The summed E-state index contributed by atoms with van der Waals surface area (Å²) >= 11 is 0. The van der Waals surface area contributed by atoms with E-state index in [4.69, 9.17) is 18.9 Å². The van der Waals surface area contributed by atoms with Crippen LogP contribution in [0.5, 0.6) is 0 Å². The number of alkyl carbamates (subject to hydrolysis) is 2. The molecule has 2 rings (SSSR count). The average molecular weight is 497 g/mol. The highest BCUT2D eigenvalue weighted by Gasteiger charge is 2.47. The molecule has 2 N–H and O–H groups in total. The van der Waals surface area contributed by atoms with E-state index in [9.17, 15) is 19.2 Å². The minimum absolute atomic E-state index is 0.00713. The minimum atomic E-state index is -0.586. The lowest BCUT2D eigenvalue weighted by Gasteiger charge is -2.22. The first-order chi connectivity index (χ1) is 16.5. The third-order valence-corrected chi connectivity index (χ3v) is 6.55. The number of fused-ring (bicyclic) bond motifs is 2. The average Bonchev–Trinajstić information content (AvgIpc) is 3.33. The van der Waals surface area contributed by atoms with Crippen molar-refractivity contribution in [2.75, 3.05) is 39.5 Å². The van der Waals surface area contributed by atoms with Gasteiger partial charge in [0.2, 0.25) is 0 Å². The number of carbonyl (C=O) groups is 4. The van der Waals surface area contributed by atoms with Crippen LogP contribution in [0.25, 0.3) is 0 Å². The molecule has 0 aromatic rings. The third-order valence-electron chi connectivity index (χ3n) is 6.55. The Labute approximate surface area is 207 Å². The van der Waals surface area contributed by atoms with Crippen molar-refractivity contribution in [3.05, 3.63) is 12.2 Å². The summed E-state index contributed by atoms with van der Waals surface area (Å²) in [4.78, 5) is 46.8. The van der Waals surface area contributed by atoms with E-state index in [1.807, 2.05) is 0 Å². The highest BCUT2D eigenvalue weighted by atomic mass is 16.6. The predicted molar refractivity (Wildman–Crippen MR) is 127 cm³/mol. The van der Waals surface area contributed by atoms with Gasteiger partial charge in [0.05, 0.1) is 5.41 Å². The number of rotatable bonds is 12. The van der Waals surface area contributed by atoms with Gasteiger partial charge in [-0.05, 0) is 77.0 Å². The number of esters is 2. The van der Waals surface area contributed by atoms with Gasteiger partial charge in [-0.3, -0.25) is 4.79 Å². The van der Waals surface area contributed by atoms with Crippen LogP contribution in [0.4, 0.5) is 9.59 Å². The summed E-state index contributed by atoms with van der Waals surface area (Å²) in [6, 6.07) is 0. The molecule has 2 amide bonds. The molecule has 2 aliphatic rings. The fourth-order valence-electron chi connectivity index (χ4n) is 4.84. The maximum Gasteiger partial charge on any atom is 0.407 e. The van der Waals surface area contributed by atoms with E-state index in [0.717, 1.165) is 19.3 Å². The molecular weight excluding hydrogens is 456 g/mol. The molecule has 0 saturated heterocycles. The van der Waals surface area contributed by atoms with Crippen molar-refractivity contribution in [3.63, 3.8) is 0 Å². The molecule has 0 aromatic carbocycles. The Morgan fingerprint density at radius 2 is 1.49 bits per heavy atom. The molecule has 0 aromatic heterocycles. The second kappa shape index (κ2) is 13.3. The lowest BCUT2D eigenvalue weighted by atomic mass is 9.87. The van der Waals surface area contributed by atoms with E-state index in [1.54, 1.807) is 27.7 Å². The molecule has 10 nitrogen and oxygen atoms in total. The van der Waals surface area contributed by atoms with Crippen molar-refractivity contribution >= 4 is 24.1 Å². The maximum atomic E-state index is 11.9. The first-order valence-corrected chi connectivity index (χ1v) is 12.3. The number of hydrogen-bond acceptors (Lipinski definition) is 8. The molecule has 0 radical (unpaired) electrons. The summed E-state index contributed by atoms with van der Waals surface area (Å²) in [5, 5.41) is 5.59. The zero-order valence-electron chi connectivity index (χ0n) is 21.4. The summed E-state index contributed by atoms with van der Waals surface area (Å²) in [7, 11) is 0. The molecule has 4 unspecified atom stereocenters. The van der Waals surface area contributed by atoms with Crippen LogP contribution >= 0.6 is 0 Å². The van der Waals surface area contributed by atoms with Crippen molar-refractivity contribution in [1.29, 1.82) is 0 Å². The van der Waals surface area contributed by atoms with Crippen LogP contribution < -0.4 is 10.6 Å². The predicted octanol–water partition coefficient (Wildman–Crippen LogP) is 3.20. The van der Waals surface area contributed by atoms with Gasteiger partial charge in [0, 0.05) is 18.7 Å². The largest absolute Gasteiger partial charge is 0.462 e. The highest BCUT2D eigenvalue weighted by molar-refractivity contribution is 5.86. The molecule has 2 aliphatic carbocycles. The number of nitrogens with one attached hydrogen (secondary N) is 2. The Morgan fingerprint density at radius 1 is 0.886 bits per heavy atom. The topological polar surface area (TPSA) is 129 Å². The lowest BCUT2D eigenvalue weighted by Crippen LogP contribution is -2.33. The molecule has 0 aliphatic heterocycles. The molecule has 2 bridgehead atoms. The Bertz CT molecular complexity index is 776. The first kappa shape index (κ1) is 28.5. The van der Waals surface area contributed by atoms with Gasteiger partial charge in [-0.2, -0.15) is 0 Å². The smallest absolute Gasteiger partial charge is 0.407 e. The summed E-state index contributed by atoms with van der Waals surface area (Å²) in [5.74, 6) is 1.15. The van der Waals surface area contributed by atoms with Gasteiger partial charge in [-0.15, -0.1) is 0 Å². The van der Waals surface area contributed by atoms with E-state index >= 15 is 0 Å². The molecule has 198 valence electrons. The maximum absolute atomic E-state index is 11.9. The van der Waals surface area contributed by atoms with Crippen LogP contribution in [0.3, 0.4) is 0 Å². The zero-order chi connectivity index (χ0) is 26.0. The number of hydrogen-bond donors (Lipinski definition) is 2. The molecule has 4 atom stereocenters. The standard InChI is InChI=1S/C25H40N2O8/c1-16(2)21(28)32-10-12-35-24(31)27-15-18-14-17-6-7-19(18)20(17)8-9-26-23(30)34-13-11-33-22(29)25(3,4)5/h17-20H,1,6-15H2,2-5H3,(H,26,30)(H,27,31). The van der Waals surface area contributed by atoms with Crippen LogP contribution in [0.2, 0.25) is 0 Å². The summed E-state index contributed by atoms with van der Waals surface area (Å²) < 4.78 is 20.1. The highest BCUT2D eigenvalue weighted by Crippen LogP contribution is 2.53. The van der Waals surface area contributed by atoms with E-state index in [1.165, 1.54) is 6.42 Å². The molecule has 2 saturated carbocycles. The van der Waals surface area contributed by atoms with Crippen LogP contribution in [-0.4, -0.2) is 63.6 Å². The second-order valence-electron chi connectivity index (χ2n) is 10.3. The molecule has 35 heavy (non-hydrogen) atoms. The van der Waals surface area contributed by atoms with Gasteiger partial charge < -0.3 is 29.6 Å². The van der Waals surface area contributed by atoms with Gasteiger partial charge in [0.25, 0.3) is 0 Å². The molecule has 0 heterocycles. The normalized spacial score (nSPS) is 22.7. The first-order valence-electron chi connectivity index (χ1n) is 12.3. The minimum Gasteiger partial charge on any atom is -0.462 e. The molecular formula is C25H40N2O8. The zero-order valence-corrected chi connectivity index (χ0v) is 21.4. The van der Waals surface area contributed by atoms with Gasteiger partial charge >= 0.3 is 24.1 Å². The SMILES string of the molecule is C=C(C)C(=O)OCCOC(=O)NCC1CC2CCC1C2CCNC(=O)OCCOC(=O)C(C)(C)C. The van der Waals surface area contributed by atoms with Gasteiger partial charge in [-0.1, -0.05) is 6.58 Å². The van der Waals surface area contributed by atoms with E-state index < -0.39 is 23.6 Å². The summed E-state index contributed by atoms with van der Waals surface area (Å²) in [5.41, 5.74) is -0.288. The number of amides is 2. The van der Waals surface area contributed by atoms with Crippen molar-refractivity contribution in [2.24, 2.45) is 29.1 Å². The van der Waals surface area contributed by atoms with Crippen LogP contribution in [0.15, 0.2) is 12.2 Å². The van der Waals surface area contributed by atoms with E-state index in [0.29, 0.717) is 42.3 Å². The van der Waals surface area contributed by atoms with Crippen molar-refractivity contribution in [2.45, 2.75) is 53.4 Å². The molecule has 0 spiro atoms. The van der Waals surface area contributed by atoms with Gasteiger partial charge in [0.15, 0.2) is 0 Å². The molecule has 10 heteroatoms. The summed E-state index contributed by atoms with van der Waals surface area (Å²) in [6.45, 7) is 11.4. The number of ether oxygens (including phenoxy) is 4. The van der Waals surface area contributed by atoms with Gasteiger partial charge in [-0.25, -0.2) is 14.4 Å². The van der Waals surface area contributed by atoms with Crippen molar-refractivity contribution in [3.8, 4) is 0 Å². The van der Waals surface area contributed by atoms with Crippen LogP contribution in [-0.2, 0) is 28.5 Å². The monoisotopic (exact) mass is 496 g/mol. The Balaban J connectivity index is 1.57. The lowest BCUT2D eigenvalue weighted by molar-refractivity contribution is -0.153. The second-order valence-corrected chi connectivity index (χ2v) is 10.3. The van der Waals surface area contributed by atoms with E-state index in [2.05, 4.69) is 17.2 Å². The van der Waals surface area contributed by atoms with Crippen LogP contribution in [0, 0.1) is 29.1 Å². The number of carbonyl (C=O) groups excluding carboxylic acids is 4. The fraction of sp³-hybridized carbons (Fsp3) is 0.760. The molecule has 2 fully saturated rings. The fourth-order valence-corrected chi connectivity index (χ4v) is 4.84. The quantitative estimate of drug-likeness (QED) is 0.182. The third kappa shape index (κ3) is 9.41. The van der Waals surface area contributed by atoms with Gasteiger partial charge in [0.1, 0.15) is 26.4 Å².